The molecular weight excluding hydrogens is 336 g/mol. The molecule has 1 fully saturated rings. The Hall–Kier alpha value is -1.21. The average molecular weight is 370 g/mol. The molecule has 6 heteroatoms. The lowest BCUT2D eigenvalue weighted by atomic mass is 10.0. The van der Waals surface area contributed by atoms with Gasteiger partial charge in [0.15, 0.2) is 0 Å². The van der Waals surface area contributed by atoms with Gasteiger partial charge in [-0.1, -0.05) is 50.5 Å². The number of hydrogen-bond acceptors (Lipinski definition) is 5. The summed E-state index contributed by atoms with van der Waals surface area (Å²) in [5.74, 6) is -0.798. The van der Waals surface area contributed by atoms with Crippen molar-refractivity contribution in [1.82, 2.24) is 0 Å². The number of ether oxygens (including phenoxy) is 1. The van der Waals surface area contributed by atoms with Gasteiger partial charge in [0.2, 0.25) is 0 Å². The van der Waals surface area contributed by atoms with Crippen molar-refractivity contribution < 1.29 is 30.0 Å². The van der Waals surface area contributed by atoms with E-state index in [0.717, 1.165) is 19.3 Å². The molecule has 0 aromatic carbocycles. The van der Waals surface area contributed by atoms with Crippen molar-refractivity contribution in [2.24, 2.45) is 0 Å². The third-order valence-corrected chi connectivity index (χ3v) is 4.56. The van der Waals surface area contributed by atoms with Crippen LogP contribution < -0.4 is 0 Å². The maximum atomic E-state index is 10.4. The molecule has 1 heterocycles. The van der Waals surface area contributed by atoms with E-state index >= 15 is 0 Å². The lowest BCUT2D eigenvalue weighted by molar-refractivity contribution is -0.137. The number of aliphatic carboxylic acids is 1. The number of rotatable bonds is 13. The molecule has 1 aliphatic rings. The molecule has 0 aromatic heterocycles. The molecule has 0 bridgehead atoms. The summed E-state index contributed by atoms with van der Waals surface area (Å²) in [7, 11) is 0. The number of carbonyl (C=O) groups is 1. The summed E-state index contributed by atoms with van der Waals surface area (Å²) in [6.45, 7) is 2.11. The topological polar surface area (TPSA) is 107 Å². The summed E-state index contributed by atoms with van der Waals surface area (Å²) in [5, 5.41) is 38.7. The highest BCUT2D eigenvalue weighted by Gasteiger charge is 2.36. The van der Waals surface area contributed by atoms with E-state index in [2.05, 4.69) is 6.92 Å². The zero-order valence-corrected chi connectivity index (χ0v) is 15.7. The second kappa shape index (κ2) is 13.0. The summed E-state index contributed by atoms with van der Waals surface area (Å²) in [6, 6.07) is 0. The third-order valence-electron chi connectivity index (χ3n) is 4.56. The lowest BCUT2D eigenvalue weighted by Crippen LogP contribution is -2.24. The normalized spacial score (nSPS) is 25.9. The summed E-state index contributed by atoms with van der Waals surface area (Å²) >= 11 is 0. The van der Waals surface area contributed by atoms with E-state index in [1.165, 1.54) is 0 Å². The molecule has 0 saturated carbocycles. The first-order valence-electron chi connectivity index (χ1n) is 9.68. The number of hydrogen-bond donors (Lipinski definition) is 4. The van der Waals surface area contributed by atoms with Crippen molar-refractivity contribution in [2.75, 3.05) is 0 Å². The standard InChI is InChI=1S/C20H34O6/c1-2-3-6-9-15(21)12-13-16(22)19-14-17(23)18(26-19)10-7-4-5-8-11-20(24)25/h4,7,12-13,15-19,21-23H,2-3,5-6,8-11,14H2,1H3,(H,24,25)/b7-4-,13-12+/t15-,16+,17+,18-,19+/m1/s1. The fourth-order valence-corrected chi connectivity index (χ4v) is 2.98. The Balaban J connectivity index is 2.30. The van der Waals surface area contributed by atoms with Gasteiger partial charge in [-0.05, 0) is 25.7 Å². The second-order valence-corrected chi connectivity index (χ2v) is 6.95. The Morgan fingerprint density at radius 3 is 2.65 bits per heavy atom. The van der Waals surface area contributed by atoms with Crippen LogP contribution in [0.5, 0.6) is 0 Å². The summed E-state index contributed by atoms with van der Waals surface area (Å²) in [6.07, 6.45) is 10.2. The predicted octanol–water partition coefficient (Wildman–Crippen LogP) is 2.56. The van der Waals surface area contributed by atoms with Gasteiger partial charge in [0, 0.05) is 12.8 Å². The summed E-state index contributed by atoms with van der Waals surface area (Å²) < 4.78 is 5.73. The molecule has 6 nitrogen and oxygen atoms in total. The van der Waals surface area contributed by atoms with Gasteiger partial charge in [-0.2, -0.15) is 0 Å². The minimum Gasteiger partial charge on any atom is -0.481 e. The van der Waals surface area contributed by atoms with Crippen LogP contribution >= 0.6 is 0 Å². The first-order chi connectivity index (χ1) is 12.4. The quantitative estimate of drug-likeness (QED) is 0.293. The fourth-order valence-electron chi connectivity index (χ4n) is 2.98. The van der Waals surface area contributed by atoms with E-state index in [1.54, 1.807) is 12.2 Å². The first-order valence-corrected chi connectivity index (χ1v) is 9.68. The molecule has 150 valence electrons. The molecule has 0 spiro atoms. The average Bonchev–Trinajstić information content (AvgIpc) is 2.97. The second-order valence-electron chi connectivity index (χ2n) is 6.95. The molecule has 0 unspecified atom stereocenters. The SMILES string of the molecule is CCCCC[C@@H](O)/C=C/[C@H](O)[C@@H]1C[C@H](O)[C@@H](C/C=C\CCCC(=O)O)O1. The van der Waals surface area contributed by atoms with Crippen LogP contribution in [0.2, 0.25) is 0 Å². The van der Waals surface area contributed by atoms with E-state index in [9.17, 15) is 20.1 Å². The predicted molar refractivity (Wildman–Crippen MR) is 99.8 cm³/mol. The monoisotopic (exact) mass is 370 g/mol. The van der Waals surface area contributed by atoms with Crippen LogP contribution in [-0.4, -0.2) is 56.9 Å². The van der Waals surface area contributed by atoms with Crippen molar-refractivity contribution in [1.29, 1.82) is 0 Å². The number of unbranched alkanes of at least 4 members (excludes halogenated alkanes) is 3. The van der Waals surface area contributed by atoms with Gasteiger partial charge >= 0.3 is 5.97 Å². The van der Waals surface area contributed by atoms with Crippen molar-refractivity contribution >= 4 is 5.97 Å². The van der Waals surface area contributed by atoms with E-state index in [4.69, 9.17) is 9.84 Å². The van der Waals surface area contributed by atoms with Gasteiger partial charge in [0.1, 0.15) is 0 Å². The minimum absolute atomic E-state index is 0.151. The van der Waals surface area contributed by atoms with Crippen LogP contribution in [-0.2, 0) is 9.53 Å². The lowest BCUT2D eigenvalue weighted by Gasteiger charge is -2.16. The van der Waals surface area contributed by atoms with Crippen LogP contribution in [0.25, 0.3) is 0 Å². The Kier molecular flexibility index (Phi) is 11.4. The molecule has 1 saturated heterocycles. The molecule has 4 N–H and O–H groups in total. The van der Waals surface area contributed by atoms with Gasteiger partial charge in [0.25, 0.3) is 0 Å². The molecule has 26 heavy (non-hydrogen) atoms. The molecule has 0 aliphatic carbocycles. The van der Waals surface area contributed by atoms with E-state index < -0.39 is 30.4 Å². The largest absolute Gasteiger partial charge is 0.481 e. The zero-order chi connectivity index (χ0) is 19.4. The van der Waals surface area contributed by atoms with Crippen LogP contribution in [0, 0.1) is 0 Å². The van der Waals surface area contributed by atoms with E-state index in [0.29, 0.717) is 32.1 Å². The van der Waals surface area contributed by atoms with Crippen molar-refractivity contribution in [3.63, 3.8) is 0 Å². The van der Waals surface area contributed by atoms with Gasteiger partial charge in [-0.25, -0.2) is 0 Å². The fraction of sp³-hybridized carbons (Fsp3) is 0.750. The number of aliphatic hydroxyl groups is 3. The van der Waals surface area contributed by atoms with E-state index in [1.807, 2.05) is 12.2 Å². The van der Waals surface area contributed by atoms with Gasteiger partial charge in [-0.3, -0.25) is 4.79 Å². The Bertz CT molecular complexity index is 448. The van der Waals surface area contributed by atoms with Gasteiger partial charge in [0.05, 0.1) is 30.5 Å². The Morgan fingerprint density at radius 2 is 1.96 bits per heavy atom. The Morgan fingerprint density at radius 1 is 1.19 bits per heavy atom. The van der Waals surface area contributed by atoms with E-state index in [-0.39, 0.29) is 12.5 Å². The van der Waals surface area contributed by atoms with Crippen LogP contribution in [0.4, 0.5) is 0 Å². The van der Waals surface area contributed by atoms with Crippen molar-refractivity contribution in [3.8, 4) is 0 Å². The number of carboxylic acid groups (broad SMARTS) is 1. The number of allylic oxidation sites excluding steroid dienone is 1. The molecule has 0 amide bonds. The maximum Gasteiger partial charge on any atom is 0.303 e. The molecule has 0 aromatic rings. The molecule has 0 radical (unpaired) electrons. The molecular formula is C20H34O6. The molecule has 5 atom stereocenters. The highest BCUT2D eigenvalue weighted by Crippen LogP contribution is 2.26. The molecule has 1 aliphatic heterocycles. The molecule has 1 rings (SSSR count). The Labute approximate surface area is 156 Å². The van der Waals surface area contributed by atoms with Gasteiger partial charge in [-0.15, -0.1) is 0 Å². The van der Waals surface area contributed by atoms with Crippen LogP contribution in [0.15, 0.2) is 24.3 Å². The van der Waals surface area contributed by atoms with Crippen molar-refractivity contribution in [3.05, 3.63) is 24.3 Å². The zero-order valence-electron chi connectivity index (χ0n) is 15.7. The summed E-state index contributed by atoms with van der Waals surface area (Å²) in [4.78, 5) is 10.4. The summed E-state index contributed by atoms with van der Waals surface area (Å²) in [5.41, 5.74) is 0. The first kappa shape index (κ1) is 22.8. The van der Waals surface area contributed by atoms with Crippen LogP contribution in [0.1, 0.15) is 64.7 Å². The minimum atomic E-state index is -0.852. The van der Waals surface area contributed by atoms with Gasteiger partial charge < -0.3 is 25.2 Å². The smallest absolute Gasteiger partial charge is 0.303 e. The van der Waals surface area contributed by atoms with Crippen LogP contribution in [0.3, 0.4) is 0 Å². The number of carboxylic acids is 1. The van der Waals surface area contributed by atoms with Crippen molar-refractivity contribution in [2.45, 2.75) is 95.2 Å². The third kappa shape index (κ3) is 9.48. The number of aliphatic hydroxyl groups excluding tert-OH is 3. The highest BCUT2D eigenvalue weighted by molar-refractivity contribution is 5.66. The highest BCUT2D eigenvalue weighted by atomic mass is 16.5. The maximum absolute atomic E-state index is 10.4.